The quantitative estimate of drug-likeness (QED) is 0.832. The molecule has 0 spiro atoms. The number of fused-ring (bicyclic) bond motifs is 1. The van der Waals surface area contributed by atoms with Crippen LogP contribution in [-0.2, 0) is 13.0 Å². The third kappa shape index (κ3) is 2.53. The highest BCUT2D eigenvalue weighted by molar-refractivity contribution is 5.37. The Morgan fingerprint density at radius 3 is 2.88 bits per heavy atom. The Labute approximate surface area is 95.8 Å². The molecule has 0 unspecified atom stereocenters. The van der Waals surface area contributed by atoms with E-state index in [1.54, 1.807) is 6.07 Å². The fourth-order valence-corrected chi connectivity index (χ4v) is 2.01. The van der Waals surface area contributed by atoms with E-state index >= 15 is 0 Å². The topological polar surface area (TPSA) is 21.3 Å². The van der Waals surface area contributed by atoms with Crippen molar-refractivity contribution in [3.05, 3.63) is 29.1 Å². The molecular weight excluding hydrogens is 205 g/mol. The van der Waals surface area contributed by atoms with Crippen molar-refractivity contribution in [1.82, 2.24) is 5.32 Å². The van der Waals surface area contributed by atoms with E-state index in [-0.39, 0.29) is 11.9 Å². The molecule has 88 valence electrons. The number of halogens is 1. The monoisotopic (exact) mass is 223 g/mol. The number of benzene rings is 1. The van der Waals surface area contributed by atoms with Gasteiger partial charge in [-0.1, -0.05) is 0 Å². The molecule has 1 aliphatic heterocycles. The SMILES string of the molecule is CC(C)Oc1cc2c(cc1F)CNCCC2. The number of hydrogen-bond donors (Lipinski definition) is 1. The van der Waals surface area contributed by atoms with Gasteiger partial charge in [0.15, 0.2) is 11.6 Å². The van der Waals surface area contributed by atoms with Crippen LogP contribution >= 0.6 is 0 Å². The molecule has 1 N–H and O–H groups in total. The first kappa shape index (κ1) is 11.4. The van der Waals surface area contributed by atoms with Crippen LogP contribution in [0.25, 0.3) is 0 Å². The second-order valence-corrected chi connectivity index (χ2v) is 4.50. The Bertz CT molecular complexity index is 376. The maximum atomic E-state index is 13.7. The molecule has 1 aliphatic rings. The first-order valence-electron chi connectivity index (χ1n) is 5.85. The molecule has 0 saturated carbocycles. The van der Waals surface area contributed by atoms with Gasteiger partial charge in [0, 0.05) is 6.54 Å². The highest BCUT2D eigenvalue weighted by atomic mass is 19.1. The summed E-state index contributed by atoms with van der Waals surface area (Å²) >= 11 is 0. The average molecular weight is 223 g/mol. The Kier molecular flexibility index (Phi) is 3.44. The van der Waals surface area contributed by atoms with Crippen LogP contribution in [-0.4, -0.2) is 12.6 Å². The van der Waals surface area contributed by atoms with E-state index in [0.29, 0.717) is 5.75 Å². The van der Waals surface area contributed by atoms with Gasteiger partial charge in [0.25, 0.3) is 0 Å². The summed E-state index contributed by atoms with van der Waals surface area (Å²) in [6.07, 6.45) is 2.10. The Balaban J connectivity index is 2.31. The normalized spacial score (nSPS) is 15.8. The summed E-state index contributed by atoms with van der Waals surface area (Å²) in [5.74, 6) is 0.131. The van der Waals surface area contributed by atoms with Crippen LogP contribution in [0.2, 0.25) is 0 Å². The molecule has 1 aromatic rings. The van der Waals surface area contributed by atoms with Crippen molar-refractivity contribution in [2.24, 2.45) is 0 Å². The molecule has 2 rings (SSSR count). The van der Waals surface area contributed by atoms with Crippen LogP contribution in [0.1, 0.15) is 31.4 Å². The molecule has 0 bridgehead atoms. The summed E-state index contributed by atoms with van der Waals surface area (Å²) in [6.45, 7) is 5.57. The fraction of sp³-hybridized carbons (Fsp3) is 0.538. The zero-order chi connectivity index (χ0) is 11.5. The highest BCUT2D eigenvalue weighted by Crippen LogP contribution is 2.25. The number of hydrogen-bond acceptors (Lipinski definition) is 2. The van der Waals surface area contributed by atoms with E-state index in [1.807, 2.05) is 19.9 Å². The predicted molar refractivity (Wildman–Crippen MR) is 62.2 cm³/mol. The van der Waals surface area contributed by atoms with Crippen molar-refractivity contribution in [2.45, 2.75) is 39.3 Å². The largest absolute Gasteiger partial charge is 0.488 e. The molecule has 1 heterocycles. The van der Waals surface area contributed by atoms with Gasteiger partial charge in [0.05, 0.1) is 6.10 Å². The lowest BCUT2D eigenvalue weighted by molar-refractivity contribution is 0.231. The predicted octanol–water partition coefficient (Wildman–Crippen LogP) is 2.65. The molecule has 0 aromatic heterocycles. The van der Waals surface area contributed by atoms with Crippen LogP contribution in [0.3, 0.4) is 0 Å². The molecule has 1 aromatic carbocycles. The Morgan fingerprint density at radius 1 is 1.31 bits per heavy atom. The van der Waals surface area contributed by atoms with Gasteiger partial charge in [-0.3, -0.25) is 0 Å². The summed E-state index contributed by atoms with van der Waals surface area (Å²) in [4.78, 5) is 0. The molecule has 0 fully saturated rings. The fourth-order valence-electron chi connectivity index (χ4n) is 2.01. The minimum Gasteiger partial charge on any atom is -0.488 e. The van der Waals surface area contributed by atoms with Gasteiger partial charge in [-0.15, -0.1) is 0 Å². The van der Waals surface area contributed by atoms with Gasteiger partial charge in [-0.25, -0.2) is 4.39 Å². The second-order valence-electron chi connectivity index (χ2n) is 4.50. The molecule has 2 nitrogen and oxygen atoms in total. The van der Waals surface area contributed by atoms with Crippen molar-refractivity contribution >= 4 is 0 Å². The third-order valence-electron chi connectivity index (χ3n) is 2.73. The molecule has 0 saturated heterocycles. The zero-order valence-electron chi connectivity index (χ0n) is 9.85. The molecular formula is C13H18FNO. The summed E-state index contributed by atoms with van der Waals surface area (Å²) in [5, 5.41) is 3.28. The summed E-state index contributed by atoms with van der Waals surface area (Å²) in [7, 11) is 0. The summed E-state index contributed by atoms with van der Waals surface area (Å²) < 4.78 is 19.2. The maximum absolute atomic E-state index is 13.7. The van der Waals surface area contributed by atoms with E-state index in [0.717, 1.165) is 31.5 Å². The van der Waals surface area contributed by atoms with Gasteiger partial charge in [0.1, 0.15) is 0 Å². The molecule has 0 aliphatic carbocycles. The van der Waals surface area contributed by atoms with Crippen molar-refractivity contribution in [3.8, 4) is 5.75 Å². The van der Waals surface area contributed by atoms with E-state index in [9.17, 15) is 4.39 Å². The maximum Gasteiger partial charge on any atom is 0.165 e. The van der Waals surface area contributed by atoms with Gasteiger partial charge in [-0.05, 0) is 56.5 Å². The summed E-state index contributed by atoms with van der Waals surface area (Å²) in [5.41, 5.74) is 2.27. The standard InChI is InChI=1S/C13H18FNO/c1-9(2)16-13-7-10-4-3-5-15-8-11(10)6-12(13)14/h6-7,9,15H,3-5,8H2,1-2H3. The zero-order valence-corrected chi connectivity index (χ0v) is 9.85. The van der Waals surface area contributed by atoms with Gasteiger partial charge in [-0.2, -0.15) is 0 Å². The van der Waals surface area contributed by atoms with Gasteiger partial charge >= 0.3 is 0 Å². The van der Waals surface area contributed by atoms with E-state index in [4.69, 9.17) is 4.74 Å². The van der Waals surface area contributed by atoms with E-state index in [2.05, 4.69) is 5.32 Å². The lowest BCUT2D eigenvalue weighted by Gasteiger charge is -2.14. The van der Waals surface area contributed by atoms with E-state index in [1.165, 1.54) is 5.56 Å². The number of aryl methyl sites for hydroxylation is 1. The van der Waals surface area contributed by atoms with E-state index < -0.39 is 0 Å². The number of nitrogens with one attached hydrogen (secondary N) is 1. The van der Waals surface area contributed by atoms with Crippen molar-refractivity contribution in [3.63, 3.8) is 0 Å². The highest BCUT2D eigenvalue weighted by Gasteiger charge is 2.13. The number of rotatable bonds is 2. The average Bonchev–Trinajstić information content (AvgIpc) is 2.42. The van der Waals surface area contributed by atoms with Crippen LogP contribution in [0.15, 0.2) is 12.1 Å². The Morgan fingerprint density at radius 2 is 2.12 bits per heavy atom. The van der Waals surface area contributed by atoms with Crippen molar-refractivity contribution in [2.75, 3.05) is 6.54 Å². The lowest BCUT2D eigenvalue weighted by atomic mass is 10.0. The van der Waals surface area contributed by atoms with Gasteiger partial charge in [0.2, 0.25) is 0 Å². The van der Waals surface area contributed by atoms with Crippen LogP contribution in [0.4, 0.5) is 4.39 Å². The smallest absolute Gasteiger partial charge is 0.165 e. The second kappa shape index (κ2) is 4.83. The van der Waals surface area contributed by atoms with Crippen molar-refractivity contribution in [1.29, 1.82) is 0 Å². The van der Waals surface area contributed by atoms with Gasteiger partial charge < -0.3 is 10.1 Å². The minimum atomic E-state index is -0.254. The first-order valence-corrected chi connectivity index (χ1v) is 5.85. The third-order valence-corrected chi connectivity index (χ3v) is 2.73. The molecule has 16 heavy (non-hydrogen) atoms. The lowest BCUT2D eigenvalue weighted by Crippen LogP contribution is -2.12. The first-order chi connectivity index (χ1) is 7.66. The van der Waals surface area contributed by atoms with Crippen molar-refractivity contribution < 1.29 is 9.13 Å². The van der Waals surface area contributed by atoms with Crippen LogP contribution < -0.4 is 10.1 Å². The molecule has 0 atom stereocenters. The number of ether oxygens (including phenoxy) is 1. The molecule has 0 amide bonds. The molecule has 0 radical (unpaired) electrons. The summed E-state index contributed by atoms with van der Waals surface area (Å²) in [6, 6.07) is 3.46. The Hall–Kier alpha value is -1.09. The molecule has 3 heteroatoms. The van der Waals surface area contributed by atoms with Crippen LogP contribution in [0, 0.1) is 5.82 Å². The minimum absolute atomic E-state index is 0.0106. The van der Waals surface area contributed by atoms with Crippen LogP contribution in [0.5, 0.6) is 5.75 Å².